The van der Waals surface area contributed by atoms with E-state index in [0.29, 0.717) is 17.4 Å². The molecule has 1 saturated carbocycles. The summed E-state index contributed by atoms with van der Waals surface area (Å²) in [6.45, 7) is 0.385. The molecule has 27 heavy (non-hydrogen) atoms. The number of hydrogen-bond acceptors (Lipinski definition) is 7. The van der Waals surface area contributed by atoms with Crippen molar-refractivity contribution in [2.75, 3.05) is 20.3 Å². The molecular formula is C17H19N5O4S. The molecule has 0 saturated heterocycles. The summed E-state index contributed by atoms with van der Waals surface area (Å²) in [7, 11) is -1.59. The van der Waals surface area contributed by atoms with Crippen LogP contribution in [0.4, 0.5) is 0 Å². The molecule has 1 aliphatic rings. The average Bonchev–Trinajstić information content (AvgIpc) is 3.47. The predicted octanol–water partition coefficient (Wildman–Crippen LogP) is 1.26. The average molecular weight is 389 g/mol. The molecule has 0 radical (unpaired) electrons. The number of ether oxygens (including phenoxy) is 2. The van der Waals surface area contributed by atoms with E-state index < -0.39 is 10.0 Å². The first-order valence-electron chi connectivity index (χ1n) is 8.55. The van der Waals surface area contributed by atoms with E-state index in [1.807, 2.05) is 24.3 Å². The van der Waals surface area contributed by atoms with Gasteiger partial charge in [0.05, 0.1) is 12.4 Å². The number of aromatic nitrogens is 4. The van der Waals surface area contributed by atoms with E-state index >= 15 is 0 Å². The highest BCUT2D eigenvalue weighted by atomic mass is 32.2. The van der Waals surface area contributed by atoms with Crippen LogP contribution in [0.2, 0.25) is 0 Å². The minimum atomic E-state index is -3.20. The van der Waals surface area contributed by atoms with Crippen LogP contribution in [-0.4, -0.2) is 53.7 Å². The molecule has 1 aromatic carbocycles. The lowest BCUT2D eigenvalue weighted by molar-refractivity contribution is 0.306. The monoisotopic (exact) mass is 389 g/mol. The lowest BCUT2D eigenvalue weighted by Gasteiger charge is -2.08. The van der Waals surface area contributed by atoms with Crippen LogP contribution >= 0.6 is 0 Å². The van der Waals surface area contributed by atoms with E-state index in [1.54, 1.807) is 23.8 Å². The Morgan fingerprint density at radius 1 is 1.15 bits per heavy atom. The van der Waals surface area contributed by atoms with Crippen molar-refractivity contribution >= 4 is 15.7 Å². The Bertz CT molecular complexity index is 1040. The van der Waals surface area contributed by atoms with Gasteiger partial charge in [-0.25, -0.2) is 13.1 Å². The minimum Gasteiger partial charge on any atom is -0.497 e. The fourth-order valence-electron chi connectivity index (χ4n) is 2.60. The highest BCUT2D eigenvalue weighted by molar-refractivity contribution is 7.90. The summed E-state index contributed by atoms with van der Waals surface area (Å²) in [6, 6.07) is 10.8. The summed E-state index contributed by atoms with van der Waals surface area (Å²) in [5.74, 6) is 1.69. The third-order valence-electron chi connectivity index (χ3n) is 4.21. The predicted molar refractivity (Wildman–Crippen MR) is 98.2 cm³/mol. The van der Waals surface area contributed by atoms with Gasteiger partial charge in [0.15, 0.2) is 11.5 Å². The van der Waals surface area contributed by atoms with Crippen LogP contribution < -0.4 is 14.2 Å². The topological polar surface area (TPSA) is 108 Å². The van der Waals surface area contributed by atoms with Crippen molar-refractivity contribution in [2.24, 2.45) is 0 Å². The van der Waals surface area contributed by atoms with E-state index in [0.717, 1.165) is 24.2 Å². The number of benzene rings is 1. The Labute approximate surface area is 156 Å². The van der Waals surface area contributed by atoms with E-state index in [-0.39, 0.29) is 18.4 Å². The quantitative estimate of drug-likeness (QED) is 0.578. The lowest BCUT2D eigenvalue weighted by atomic mass is 10.2. The molecule has 142 valence electrons. The van der Waals surface area contributed by atoms with Crippen LogP contribution in [0.1, 0.15) is 12.8 Å². The number of rotatable bonds is 8. The van der Waals surface area contributed by atoms with E-state index in [2.05, 4.69) is 20.0 Å². The van der Waals surface area contributed by atoms with Crippen LogP contribution in [0.3, 0.4) is 0 Å². The normalized spacial score (nSPS) is 14.4. The highest BCUT2D eigenvalue weighted by Crippen LogP contribution is 2.27. The van der Waals surface area contributed by atoms with Crippen LogP contribution in [-0.2, 0) is 10.0 Å². The Hall–Kier alpha value is -2.72. The summed E-state index contributed by atoms with van der Waals surface area (Å²) in [5, 5.41) is 12.4. The molecule has 1 fully saturated rings. The maximum absolute atomic E-state index is 11.8. The Morgan fingerprint density at radius 2 is 1.93 bits per heavy atom. The van der Waals surface area contributed by atoms with Crippen molar-refractivity contribution < 1.29 is 17.9 Å². The van der Waals surface area contributed by atoms with E-state index in [4.69, 9.17) is 9.47 Å². The molecule has 0 bridgehead atoms. The van der Waals surface area contributed by atoms with Crippen LogP contribution in [0, 0.1) is 0 Å². The molecule has 4 rings (SSSR count). The summed E-state index contributed by atoms with van der Waals surface area (Å²) in [4.78, 5) is 0. The van der Waals surface area contributed by atoms with Crippen molar-refractivity contribution in [2.45, 2.75) is 18.1 Å². The zero-order valence-electron chi connectivity index (χ0n) is 14.7. The SMILES string of the molecule is COc1ccc(-c2nnc3ccc(OCCNS(=O)(=O)C4CC4)nn23)cc1. The number of methoxy groups -OCH3 is 1. The number of hydrogen-bond donors (Lipinski definition) is 1. The van der Waals surface area contributed by atoms with E-state index in [9.17, 15) is 8.42 Å². The number of nitrogens with zero attached hydrogens (tertiary/aromatic N) is 4. The summed E-state index contributed by atoms with van der Waals surface area (Å²) >= 11 is 0. The smallest absolute Gasteiger partial charge is 0.231 e. The van der Waals surface area contributed by atoms with Gasteiger partial charge in [0, 0.05) is 18.2 Å². The number of nitrogens with one attached hydrogen (secondary N) is 1. The molecule has 0 spiro atoms. The number of fused-ring (bicyclic) bond motifs is 1. The first-order valence-corrected chi connectivity index (χ1v) is 10.1. The molecule has 1 N–H and O–H groups in total. The molecule has 0 unspecified atom stereocenters. The van der Waals surface area contributed by atoms with Gasteiger partial charge >= 0.3 is 0 Å². The van der Waals surface area contributed by atoms with Crippen molar-refractivity contribution in [3.8, 4) is 23.0 Å². The van der Waals surface area contributed by atoms with Gasteiger partial charge in [-0.15, -0.1) is 15.3 Å². The van der Waals surface area contributed by atoms with Gasteiger partial charge in [-0.1, -0.05) is 0 Å². The molecule has 1 aliphatic carbocycles. The molecule has 0 amide bonds. The maximum atomic E-state index is 11.8. The van der Waals surface area contributed by atoms with Crippen molar-refractivity contribution in [1.82, 2.24) is 24.5 Å². The molecule has 2 heterocycles. The molecule has 2 aromatic heterocycles. The van der Waals surface area contributed by atoms with Gasteiger partial charge in [-0.05, 0) is 43.2 Å². The third-order valence-corrected chi connectivity index (χ3v) is 6.16. The molecular weight excluding hydrogens is 370 g/mol. The van der Waals surface area contributed by atoms with Crippen molar-refractivity contribution in [3.05, 3.63) is 36.4 Å². The molecule has 3 aromatic rings. The molecule has 10 heteroatoms. The zero-order chi connectivity index (χ0) is 18.9. The van der Waals surface area contributed by atoms with Gasteiger partial charge in [0.2, 0.25) is 15.9 Å². The van der Waals surface area contributed by atoms with Crippen LogP contribution in [0.15, 0.2) is 36.4 Å². The third kappa shape index (κ3) is 3.86. The van der Waals surface area contributed by atoms with Crippen molar-refractivity contribution in [1.29, 1.82) is 0 Å². The zero-order valence-corrected chi connectivity index (χ0v) is 15.5. The van der Waals surface area contributed by atoms with Gasteiger partial charge < -0.3 is 9.47 Å². The van der Waals surface area contributed by atoms with Gasteiger partial charge in [0.1, 0.15) is 12.4 Å². The molecule has 9 nitrogen and oxygen atoms in total. The lowest BCUT2D eigenvalue weighted by Crippen LogP contribution is -2.31. The summed E-state index contributed by atoms with van der Waals surface area (Å²) in [6.07, 6.45) is 1.46. The van der Waals surface area contributed by atoms with Gasteiger partial charge in [0.25, 0.3) is 0 Å². The fourth-order valence-corrected chi connectivity index (χ4v) is 3.97. The van der Waals surface area contributed by atoms with Crippen molar-refractivity contribution in [3.63, 3.8) is 0 Å². The highest BCUT2D eigenvalue weighted by Gasteiger charge is 2.35. The summed E-state index contributed by atoms with van der Waals surface area (Å²) in [5.41, 5.74) is 1.42. The second-order valence-electron chi connectivity index (χ2n) is 6.18. The first-order chi connectivity index (χ1) is 13.1. The standard InChI is InChI=1S/C17H19N5O4S/c1-25-13-4-2-12(3-5-13)17-20-19-15-8-9-16(21-22(15)17)26-11-10-18-27(23,24)14-6-7-14/h2-5,8-9,14,18H,6-7,10-11H2,1H3. The minimum absolute atomic E-state index is 0.185. The second-order valence-corrected chi connectivity index (χ2v) is 8.23. The Morgan fingerprint density at radius 3 is 2.63 bits per heavy atom. The molecule has 0 atom stereocenters. The van der Waals surface area contributed by atoms with E-state index in [1.165, 1.54) is 0 Å². The van der Waals surface area contributed by atoms with Crippen LogP contribution in [0.25, 0.3) is 17.0 Å². The maximum Gasteiger partial charge on any atom is 0.231 e. The molecule has 0 aliphatic heterocycles. The van der Waals surface area contributed by atoms with Gasteiger partial charge in [-0.3, -0.25) is 0 Å². The van der Waals surface area contributed by atoms with Crippen LogP contribution in [0.5, 0.6) is 11.6 Å². The van der Waals surface area contributed by atoms with Gasteiger partial charge in [-0.2, -0.15) is 4.52 Å². The first kappa shape index (κ1) is 17.7. The fraction of sp³-hybridized carbons (Fsp3) is 0.353. The largest absolute Gasteiger partial charge is 0.497 e. The Balaban J connectivity index is 1.46. The number of sulfonamides is 1. The second kappa shape index (κ2) is 7.12. The Kier molecular flexibility index (Phi) is 4.66. The summed E-state index contributed by atoms with van der Waals surface area (Å²) < 4.78 is 38.4.